The third kappa shape index (κ3) is 3.68. The normalized spacial score (nSPS) is 22.3. The van der Waals surface area contributed by atoms with Crippen molar-refractivity contribution in [2.45, 2.75) is 49.8 Å². The zero-order valence-electron chi connectivity index (χ0n) is 9.58. The van der Waals surface area contributed by atoms with Gasteiger partial charge < -0.3 is 10.4 Å². The Bertz CT molecular complexity index is 217. The van der Waals surface area contributed by atoms with Crippen molar-refractivity contribution < 1.29 is 9.90 Å². The van der Waals surface area contributed by atoms with Crippen LogP contribution in [0.3, 0.4) is 0 Å². The van der Waals surface area contributed by atoms with Crippen LogP contribution >= 0.6 is 11.8 Å². The number of aliphatic carboxylic acids is 1. The summed E-state index contributed by atoms with van der Waals surface area (Å²) in [6.07, 6.45) is 6.47. The van der Waals surface area contributed by atoms with Crippen LogP contribution in [0.2, 0.25) is 0 Å². The number of likely N-dealkylation sites (N-methyl/N-ethyl adjacent to an activating group) is 1. The fourth-order valence-electron chi connectivity index (χ4n) is 1.76. The first-order chi connectivity index (χ1) is 7.08. The van der Waals surface area contributed by atoms with Gasteiger partial charge in [0.05, 0.1) is 0 Å². The minimum Gasteiger partial charge on any atom is -0.480 e. The topological polar surface area (TPSA) is 49.3 Å². The highest BCUT2D eigenvalue weighted by Crippen LogP contribution is 2.30. The van der Waals surface area contributed by atoms with Gasteiger partial charge in [0.2, 0.25) is 0 Å². The number of carboxylic acids is 1. The molecule has 0 heterocycles. The second kappa shape index (κ2) is 5.75. The van der Waals surface area contributed by atoms with Crippen molar-refractivity contribution in [1.29, 1.82) is 0 Å². The Morgan fingerprint density at radius 3 is 2.53 bits per heavy atom. The number of hydrogen-bond donors (Lipinski definition) is 2. The molecule has 0 saturated heterocycles. The van der Waals surface area contributed by atoms with Crippen molar-refractivity contribution in [3.05, 3.63) is 0 Å². The van der Waals surface area contributed by atoms with Crippen LogP contribution < -0.4 is 5.32 Å². The lowest BCUT2D eigenvalue weighted by Gasteiger charge is -2.28. The molecule has 1 aliphatic rings. The summed E-state index contributed by atoms with van der Waals surface area (Å²) in [5, 5.41) is 12.7. The molecule has 1 rings (SSSR count). The molecule has 1 unspecified atom stereocenters. The fourth-order valence-corrected chi connectivity index (χ4v) is 3.26. The van der Waals surface area contributed by atoms with Crippen LogP contribution in [-0.2, 0) is 4.79 Å². The van der Waals surface area contributed by atoms with Gasteiger partial charge in [-0.3, -0.25) is 4.79 Å². The first-order valence-electron chi connectivity index (χ1n) is 5.62. The summed E-state index contributed by atoms with van der Waals surface area (Å²) >= 11 is 1.81. The van der Waals surface area contributed by atoms with Crippen molar-refractivity contribution in [1.82, 2.24) is 5.32 Å². The molecule has 0 aromatic heterocycles. The SMILES string of the molecule is CNC(C)(CSC1CCCCC1)C(=O)O. The summed E-state index contributed by atoms with van der Waals surface area (Å²) in [6.45, 7) is 1.76. The lowest BCUT2D eigenvalue weighted by molar-refractivity contribution is -0.142. The number of carbonyl (C=O) groups is 1. The van der Waals surface area contributed by atoms with E-state index < -0.39 is 11.5 Å². The number of thioether (sulfide) groups is 1. The Hall–Kier alpha value is -0.220. The second-order valence-electron chi connectivity index (χ2n) is 4.46. The van der Waals surface area contributed by atoms with Crippen LogP contribution in [0.15, 0.2) is 0 Å². The molecular weight excluding hydrogens is 210 g/mol. The van der Waals surface area contributed by atoms with E-state index in [1.807, 2.05) is 11.8 Å². The summed E-state index contributed by atoms with van der Waals surface area (Å²) in [6, 6.07) is 0. The van der Waals surface area contributed by atoms with E-state index >= 15 is 0 Å². The Morgan fingerprint density at radius 1 is 1.47 bits per heavy atom. The van der Waals surface area contributed by atoms with Crippen molar-refractivity contribution >= 4 is 17.7 Å². The molecule has 3 nitrogen and oxygen atoms in total. The largest absolute Gasteiger partial charge is 0.480 e. The average Bonchev–Trinajstić information content (AvgIpc) is 2.27. The summed E-state index contributed by atoms with van der Waals surface area (Å²) in [5.41, 5.74) is -0.776. The molecule has 2 N–H and O–H groups in total. The lowest BCUT2D eigenvalue weighted by atomic mass is 10.0. The van der Waals surface area contributed by atoms with Crippen molar-refractivity contribution in [2.75, 3.05) is 12.8 Å². The summed E-state index contributed by atoms with van der Waals surface area (Å²) in [5.74, 6) is -0.0999. The van der Waals surface area contributed by atoms with E-state index in [-0.39, 0.29) is 0 Å². The van der Waals surface area contributed by atoms with Crippen LogP contribution in [0.5, 0.6) is 0 Å². The smallest absolute Gasteiger partial charge is 0.324 e. The van der Waals surface area contributed by atoms with Gasteiger partial charge in [0.25, 0.3) is 0 Å². The minimum atomic E-state index is -0.776. The van der Waals surface area contributed by atoms with Crippen LogP contribution in [0.25, 0.3) is 0 Å². The van der Waals surface area contributed by atoms with Gasteiger partial charge >= 0.3 is 5.97 Å². The minimum absolute atomic E-state index is 0.656. The van der Waals surface area contributed by atoms with Crippen molar-refractivity contribution in [2.24, 2.45) is 0 Å². The summed E-state index contributed by atoms with van der Waals surface area (Å²) < 4.78 is 0. The maximum atomic E-state index is 11.0. The standard InChI is InChI=1S/C11H21NO2S/c1-11(12-2,10(13)14)8-15-9-6-4-3-5-7-9/h9,12H,3-8H2,1-2H3,(H,13,14). The third-order valence-corrected chi connectivity index (χ3v) is 4.87. The van der Waals surface area contributed by atoms with Crippen LogP contribution in [0.1, 0.15) is 39.0 Å². The Labute approximate surface area is 96.0 Å². The predicted molar refractivity (Wildman–Crippen MR) is 64.4 cm³/mol. The highest BCUT2D eigenvalue weighted by atomic mass is 32.2. The number of nitrogens with one attached hydrogen (secondary N) is 1. The maximum Gasteiger partial charge on any atom is 0.324 e. The quantitative estimate of drug-likeness (QED) is 0.761. The second-order valence-corrected chi connectivity index (χ2v) is 5.75. The molecule has 0 amide bonds. The van der Waals surface area contributed by atoms with Gasteiger partial charge in [-0.15, -0.1) is 0 Å². The van der Waals surface area contributed by atoms with Gasteiger partial charge in [-0.05, 0) is 26.8 Å². The zero-order chi connectivity index (χ0) is 11.3. The first kappa shape index (κ1) is 12.8. The van der Waals surface area contributed by atoms with E-state index in [1.54, 1.807) is 14.0 Å². The number of carboxylic acid groups (broad SMARTS) is 1. The van der Waals surface area contributed by atoms with Gasteiger partial charge in [0, 0.05) is 11.0 Å². The zero-order valence-corrected chi connectivity index (χ0v) is 10.4. The van der Waals surface area contributed by atoms with E-state index in [4.69, 9.17) is 5.11 Å². The molecule has 1 fully saturated rings. The summed E-state index contributed by atoms with van der Waals surface area (Å²) in [7, 11) is 1.72. The molecule has 15 heavy (non-hydrogen) atoms. The van der Waals surface area contributed by atoms with Gasteiger partial charge in [0.1, 0.15) is 5.54 Å². The van der Waals surface area contributed by atoms with E-state index in [9.17, 15) is 4.79 Å². The molecule has 1 saturated carbocycles. The van der Waals surface area contributed by atoms with Crippen LogP contribution in [0, 0.1) is 0 Å². The van der Waals surface area contributed by atoms with Crippen LogP contribution in [0.4, 0.5) is 0 Å². The van der Waals surface area contributed by atoms with E-state index in [1.165, 1.54) is 32.1 Å². The van der Waals surface area contributed by atoms with E-state index in [2.05, 4.69) is 5.32 Å². The molecule has 0 spiro atoms. The molecule has 88 valence electrons. The highest BCUT2D eigenvalue weighted by molar-refractivity contribution is 8.00. The van der Waals surface area contributed by atoms with Crippen LogP contribution in [-0.4, -0.2) is 34.7 Å². The average molecular weight is 231 g/mol. The van der Waals surface area contributed by atoms with Gasteiger partial charge in [0.15, 0.2) is 0 Å². The molecule has 0 aromatic rings. The maximum absolute atomic E-state index is 11.0. The van der Waals surface area contributed by atoms with Gasteiger partial charge in [-0.1, -0.05) is 19.3 Å². The molecule has 0 aliphatic heterocycles. The molecule has 1 atom stereocenters. The molecule has 4 heteroatoms. The lowest BCUT2D eigenvalue weighted by Crippen LogP contribution is -2.50. The third-order valence-electron chi connectivity index (χ3n) is 3.18. The fraction of sp³-hybridized carbons (Fsp3) is 0.909. The molecule has 1 aliphatic carbocycles. The molecule has 0 radical (unpaired) electrons. The van der Waals surface area contributed by atoms with Crippen molar-refractivity contribution in [3.8, 4) is 0 Å². The van der Waals surface area contributed by atoms with Gasteiger partial charge in [-0.25, -0.2) is 0 Å². The Balaban J connectivity index is 2.36. The van der Waals surface area contributed by atoms with E-state index in [0.29, 0.717) is 11.0 Å². The Kier molecular flexibility index (Phi) is 4.93. The Morgan fingerprint density at radius 2 is 2.07 bits per heavy atom. The monoisotopic (exact) mass is 231 g/mol. The predicted octanol–water partition coefficient (Wildman–Crippen LogP) is 2.11. The van der Waals surface area contributed by atoms with E-state index in [0.717, 1.165) is 0 Å². The first-order valence-corrected chi connectivity index (χ1v) is 6.67. The number of hydrogen-bond acceptors (Lipinski definition) is 3. The molecule has 0 bridgehead atoms. The summed E-state index contributed by atoms with van der Waals surface area (Å²) in [4.78, 5) is 11.0. The highest BCUT2D eigenvalue weighted by Gasteiger charge is 2.32. The molecular formula is C11H21NO2S. The number of rotatable bonds is 5. The molecule has 0 aromatic carbocycles. The van der Waals surface area contributed by atoms with Gasteiger partial charge in [-0.2, -0.15) is 11.8 Å². The van der Waals surface area contributed by atoms with Crippen molar-refractivity contribution in [3.63, 3.8) is 0 Å².